The Hall–Kier alpha value is -2.96. The van der Waals surface area contributed by atoms with Gasteiger partial charge in [0.2, 0.25) is 5.54 Å². The van der Waals surface area contributed by atoms with Gasteiger partial charge in [-0.15, -0.1) is 11.8 Å². The maximum Gasteiger partial charge on any atom is 0.418 e. The first kappa shape index (κ1) is 21.3. The molecule has 1 unspecified atom stereocenters. The minimum absolute atomic E-state index is 0.107. The topological polar surface area (TPSA) is 69.4 Å². The van der Waals surface area contributed by atoms with Gasteiger partial charge in [-0.05, 0) is 56.1 Å². The Balaban J connectivity index is 2.15. The number of alkyl halides is 3. The summed E-state index contributed by atoms with van der Waals surface area (Å²) >= 11 is 1.27. The Labute approximate surface area is 181 Å². The fraction of sp³-hybridized carbons (Fsp3) is 0.273. The molecule has 9 heteroatoms. The number of nitriles is 1. The molecule has 2 heterocycles. The van der Waals surface area contributed by atoms with Crippen molar-refractivity contribution in [2.24, 2.45) is 7.05 Å². The van der Waals surface area contributed by atoms with E-state index in [1.54, 1.807) is 30.7 Å². The number of hydrogen-bond acceptors (Lipinski definition) is 4. The molecule has 0 aliphatic heterocycles. The molecule has 0 fully saturated rings. The van der Waals surface area contributed by atoms with E-state index >= 15 is 0 Å². The quantitative estimate of drug-likeness (QED) is 0.437. The number of hydrogen-bond donors (Lipinski definition) is 2. The van der Waals surface area contributed by atoms with Gasteiger partial charge in [0.05, 0.1) is 28.2 Å². The molecule has 160 valence electrons. The Morgan fingerprint density at radius 1 is 1.23 bits per heavy atom. The number of H-pyrrole nitrogens is 1. The summed E-state index contributed by atoms with van der Waals surface area (Å²) in [5.41, 5.74) is 0.238. The second-order valence-corrected chi connectivity index (χ2v) is 8.23. The molecule has 5 nitrogen and oxygen atoms in total. The summed E-state index contributed by atoms with van der Waals surface area (Å²) in [6.45, 7) is 1.89. The average molecular weight is 443 g/mol. The molecule has 2 N–H and O–H groups in total. The van der Waals surface area contributed by atoms with Crippen molar-refractivity contribution >= 4 is 33.7 Å². The molecule has 0 spiro atoms. The monoisotopic (exact) mass is 443 g/mol. The van der Waals surface area contributed by atoms with E-state index in [2.05, 4.69) is 15.3 Å². The molecule has 0 radical (unpaired) electrons. The first-order chi connectivity index (χ1) is 14.7. The van der Waals surface area contributed by atoms with Crippen LogP contribution in [0.2, 0.25) is 0 Å². The highest BCUT2D eigenvalue weighted by molar-refractivity contribution is 7.98. The number of nitrogens with one attached hydrogen (secondary N) is 2. The van der Waals surface area contributed by atoms with E-state index in [9.17, 15) is 13.2 Å². The van der Waals surface area contributed by atoms with Crippen LogP contribution < -0.4 is 5.32 Å². The lowest BCUT2D eigenvalue weighted by Crippen LogP contribution is -2.54. The molecule has 0 amide bonds. The third-order valence-corrected chi connectivity index (χ3v) is 6.43. The van der Waals surface area contributed by atoms with Crippen molar-refractivity contribution in [3.05, 3.63) is 59.0 Å². The zero-order chi connectivity index (χ0) is 22.6. The molecule has 4 rings (SSSR count). The highest BCUT2D eigenvalue weighted by Crippen LogP contribution is 2.49. The highest BCUT2D eigenvalue weighted by atomic mass is 32.2. The third-order valence-electron chi connectivity index (χ3n) is 5.67. The first-order valence-corrected chi connectivity index (χ1v) is 10.7. The summed E-state index contributed by atoms with van der Waals surface area (Å²) in [6, 6.07) is 10.1. The van der Waals surface area contributed by atoms with E-state index < -0.39 is 11.7 Å². The van der Waals surface area contributed by atoms with E-state index in [0.29, 0.717) is 26.9 Å². The number of aromatic nitrogens is 3. The van der Waals surface area contributed by atoms with E-state index in [4.69, 9.17) is 5.26 Å². The fourth-order valence-corrected chi connectivity index (χ4v) is 5.04. The maximum atomic E-state index is 15.0. The number of halogens is 3. The Morgan fingerprint density at radius 3 is 2.58 bits per heavy atom. The summed E-state index contributed by atoms with van der Waals surface area (Å²) in [6.07, 6.45) is -1.18. The molecule has 0 aliphatic rings. The minimum Gasteiger partial charge on any atom is -0.350 e. The lowest BCUT2D eigenvalue weighted by molar-refractivity contribution is -0.188. The zero-order valence-electron chi connectivity index (χ0n) is 17.3. The average Bonchev–Trinajstić information content (AvgIpc) is 3.32. The third kappa shape index (κ3) is 3.01. The van der Waals surface area contributed by atoms with Crippen LogP contribution in [0.15, 0.2) is 41.4 Å². The number of aryl methyl sites for hydroxylation is 2. The van der Waals surface area contributed by atoms with Crippen molar-refractivity contribution in [2.75, 3.05) is 13.3 Å². The van der Waals surface area contributed by atoms with Gasteiger partial charge in [0.15, 0.2) is 0 Å². The van der Waals surface area contributed by atoms with Gasteiger partial charge in [0, 0.05) is 29.1 Å². The van der Waals surface area contributed by atoms with Crippen LogP contribution in [0.4, 0.5) is 13.2 Å². The van der Waals surface area contributed by atoms with Crippen LogP contribution in [0.25, 0.3) is 21.9 Å². The number of rotatable bonds is 4. The molecule has 1 atom stereocenters. The molecule has 31 heavy (non-hydrogen) atoms. The second kappa shape index (κ2) is 7.32. The molecular weight excluding hydrogens is 423 g/mol. The van der Waals surface area contributed by atoms with Crippen molar-refractivity contribution in [1.29, 1.82) is 5.26 Å². The van der Waals surface area contributed by atoms with Gasteiger partial charge in [-0.1, -0.05) is 0 Å². The minimum atomic E-state index is -4.71. The second-order valence-electron chi connectivity index (χ2n) is 7.39. The largest absolute Gasteiger partial charge is 0.418 e. The van der Waals surface area contributed by atoms with Crippen molar-refractivity contribution in [2.45, 2.75) is 23.5 Å². The summed E-state index contributed by atoms with van der Waals surface area (Å²) in [5.74, 6) is -0.267. The van der Waals surface area contributed by atoms with Gasteiger partial charge < -0.3 is 9.55 Å². The van der Waals surface area contributed by atoms with Gasteiger partial charge in [0.1, 0.15) is 5.82 Å². The lowest BCUT2D eigenvalue weighted by Gasteiger charge is -2.36. The number of thioether (sulfide) groups is 1. The van der Waals surface area contributed by atoms with E-state index in [1.165, 1.54) is 30.9 Å². The van der Waals surface area contributed by atoms with Crippen molar-refractivity contribution < 1.29 is 13.2 Å². The van der Waals surface area contributed by atoms with Crippen LogP contribution in [0.3, 0.4) is 0 Å². The molecule has 0 saturated heterocycles. The molecule has 0 aliphatic carbocycles. The van der Waals surface area contributed by atoms with Crippen LogP contribution in [0.1, 0.15) is 22.5 Å². The molecule has 4 aromatic rings. The predicted octanol–water partition coefficient (Wildman–Crippen LogP) is 4.98. The van der Waals surface area contributed by atoms with Gasteiger partial charge in [-0.25, -0.2) is 4.98 Å². The van der Waals surface area contributed by atoms with Crippen LogP contribution >= 0.6 is 11.8 Å². The maximum absolute atomic E-state index is 15.0. The van der Waals surface area contributed by atoms with Crippen LogP contribution in [0.5, 0.6) is 0 Å². The zero-order valence-corrected chi connectivity index (χ0v) is 18.2. The van der Waals surface area contributed by atoms with E-state index in [1.807, 2.05) is 24.6 Å². The van der Waals surface area contributed by atoms with Crippen LogP contribution in [-0.2, 0) is 12.6 Å². The number of aromatic amines is 1. The molecule has 2 aromatic heterocycles. The van der Waals surface area contributed by atoms with Crippen molar-refractivity contribution in [3.8, 4) is 6.07 Å². The normalized spacial score (nSPS) is 14.1. The van der Waals surface area contributed by atoms with Crippen molar-refractivity contribution in [1.82, 2.24) is 19.9 Å². The summed E-state index contributed by atoms with van der Waals surface area (Å²) in [4.78, 5) is 7.68. The first-order valence-electron chi connectivity index (χ1n) is 9.47. The predicted molar refractivity (Wildman–Crippen MR) is 116 cm³/mol. The molecule has 2 aromatic carbocycles. The SMILES string of the molecule is CNC(c1nc2ccc(C#N)cc2[nH]1)(c1c(SC)cc(C)c2c1ccn2C)C(F)(F)F. The number of fused-ring (bicyclic) bond motifs is 2. The number of imidazole rings is 1. The summed E-state index contributed by atoms with van der Waals surface area (Å²) in [7, 11) is 3.11. The highest BCUT2D eigenvalue weighted by Gasteiger charge is 2.60. The number of benzene rings is 2. The van der Waals surface area contributed by atoms with Crippen molar-refractivity contribution in [3.63, 3.8) is 0 Å². The van der Waals surface area contributed by atoms with Gasteiger partial charge in [0.25, 0.3) is 0 Å². The standard InChI is InChI=1S/C22H20F3N5S/c1-12-9-17(31-4)18(14-7-8-30(3)19(12)14)21(27-2,22(23,24)25)20-28-15-6-5-13(11-26)10-16(15)29-20/h5-10,27H,1-4H3,(H,28,29). The summed E-state index contributed by atoms with van der Waals surface area (Å²) in [5, 5.41) is 12.2. The fourth-order valence-electron chi connectivity index (χ4n) is 4.28. The molecular formula is C22H20F3N5S. The molecule has 0 saturated carbocycles. The van der Waals surface area contributed by atoms with Gasteiger partial charge in [-0.2, -0.15) is 18.4 Å². The van der Waals surface area contributed by atoms with Gasteiger partial charge >= 0.3 is 6.18 Å². The van der Waals surface area contributed by atoms with E-state index in [-0.39, 0.29) is 11.4 Å². The molecule has 0 bridgehead atoms. The number of nitrogens with zero attached hydrogens (tertiary/aromatic N) is 3. The lowest BCUT2D eigenvalue weighted by atomic mass is 9.85. The Kier molecular flexibility index (Phi) is 5.03. The summed E-state index contributed by atoms with van der Waals surface area (Å²) < 4.78 is 46.8. The Bertz CT molecular complexity index is 1350. The van der Waals surface area contributed by atoms with Crippen LogP contribution in [-0.4, -0.2) is 34.0 Å². The Morgan fingerprint density at radius 2 is 1.97 bits per heavy atom. The smallest absolute Gasteiger partial charge is 0.350 e. The van der Waals surface area contributed by atoms with Crippen LogP contribution in [0, 0.1) is 18.3 Å². The van der Waals surface area contributed by atoms with E-state index in [0.717, 1.165) is 11.1 Å². The van der Waals surface area contributed by atoms with Gasteiger partial charge in [-0.3, -0.25) is 5.32 Å².